The molecule has 2 heterocycles. The molecule has 0 aliphatic rings. The van der Waals surface area contributed by atoms with E-state index in [9.17, 15) is 0 Å². The first-order chi connectivity index (χ1) is 8.63. The number of H-pyrrole nitrogens is 1. The van der Waals surface area contributed by atoms with Gasteiger partial charge in [0.25, 0.3) is 0 Å². The largest absolute Gasteiger partial charge is 0.398 e. The van der Waals surface area contributed by atoms with E-state index in [-0.39, 0.29) is 0 Å². The minimum absolute atomic E-state index is 0.430. The van der Waals surface area contributed by atoms with Crippen LogP contribution in [0.15, 0.2) is 30.3 Å². The van der Waals surface area contributed by atoms with E-state index >= 15 is 0 Å². The van der Waals surface area contributed by atoms with Crippen molar-refractivity contribution < 1.29 is 0 Å². The first-order valence-electron chi connectivity index (χ1n) is 5.31. The number of aromatic nitrogens is 3. The molecule has 3 aromatic rings. The number of nitrogens with one attached hydrogen (secondary N) is 1. The maximum absolute atomic E-state index is 5.96. The van der Waals surface area contributed by atoms with Crippen LogP contribution in [-0.4, -0.2) is 15.0 Å². The summed E-state index contributed by atoms with van der Waals surface area (Å²) in [5.74, 6) is 1.06. The quantitative estimate of drug-likeness (QED) is 0.585. The molecular formula is C12H10ClN5. The number of imidazole rings is 1. The molecule has 0 radical (unpaired) electrons. The lowest BCUT2D eigenvalue weighted by atomic mass is 10.2. The lowest BCUT2D eigenvalue weighted by Crippen LogP contribution is -1.91. The molecule has 0 saturated heterocycles. The zero-order chi connectivity index (χ0) is 12.7. The number of halogens is 1. The number of aromatic amines is 1. The van der Waals surface area contributed by atoms with E-state index in [0.29, 0.717) is 28.0 Å². The fourth-order valence-corrected chi connectivity index (χ4v) is 1.94. The number of benzene rings is 1. The van der Waals surface area contributed by atoms with Crippen LogP contribution in [0.4, 0.5) is 11.5 Å². The Morgan fingerprint density at radius 1 is 1.06 bits per heavy atom. The molecule has 0 aliphatic carbocycles. The SMILES string of the molecule is Nc1ccc2[nH]c(-c3cc(Cl)ccc3N)nc2n1. The molecule has 1 aromatic carbocycles. The molecule has 0 atom stereocenters. The van der Waals surface area contributed by atoms with Crippen LogP contribution in [0.5, 0.6) is 0 Å². The van der Waals surface area contributed by atoms with Crippen LogP contribution in [0.3, 0.4) is 0 Å². The Morgan fingerprint density at radius 3 is 2.72 bits per heavy atom. The molecule has 0 saturated carbocycles. The molecule has 6 heteroatoms. The highest BCUT2D eigenvalue weighted by atomic mass is 35.5. The number of hydrogen-bond donors (Lipinski definition) is 3. The van der Waals surface area contributed by atoms with Crippen molar-refractivity contribution in [2.75, 3.05) is 11.5 Å². The third-order valence-electron chi connectivity index (χ3n) is 2.64. The average molecular weight is 260 g/mol. The highest BCUT2D eigenvalue weighted by molar-refractivity contribution is 6.31. The number of anilines is 2. The highest BCUT2D eigenvalue weighted by Crippen LogP contribution is 2.28. The van der Waals surface area contributed by atoms with Gasteiger partial charge < -0.3 is 16.5 Å². The molecule has 90 valence electrons. The normalized spacial score (nSPS) is 10.9. The molecule has 0 spiro atoms. The summed E-state index contributed by atoms with van der Waals surface area (Å²) in [7, 11) is 0. The summed E-state index contributed by atoms with van der Waals surface area (Å²) < 4.78 is 0. The number of nitrogens with two attached hydrogens (primary N) is 2. The van der Waals surface area contributed by atoms with Gasteiger partial charge in [0, 0.05) is 16.3 Å². The topological polar surface area (TPSA) is 93.6 Å². The van der Waals surface area contributed by atoms with Gasteiger partial charge in [-0.1, -0.05) is 11.6 Å². The second kappa shape index (κ2) is 3.89. The van der Waals surface area contributed by atoms with E-state index in [4.69, 9.17) is 23.1 Å². The predicted molar refractivity (Wildman–Crippen MR) is 73.2 cm³/mol. The number of rotatable bonds is 1. The van der Waals surface area contributed by atoms with E-state index < -0.39 is 0 Å². The van der Waals surface area contributed by atoms with E-state index in [1.165, 1.54) is 0 Å². The summed E-state index contributed by atoms with van der Waals surface area (Å²) in [4.78, 5) is 11.6. The van der Waals surface area contributed by atoms with Crippen LogP contribution >= 0.6 is 11.6 Å². The van der Waals surface area contributed by atoms with Crippen LogP contribution in [-0.2, 0) is 0 Å². The van der Waals surface area contributed by atoms with Crippen molar-refractivity contribution in [1.82, 2.24) is 15.0 Å². The van der Waals surface area contributed by atoms with Crippen molar-refractivity contribution in [3.05, 3.63) is 35.4 Å². The van der Waals surface area contributed by atoms with Gasteiger partial charge in [-0.05, 0) is 30.3 Å². The van der Waals surface area contributed by atoms with Crippen molar-refractivity contribution in [2.45, 2.75) is 0 Å². The summed E-state index contributed by atoms with van der Waals surface area (Å²) in [6.07, 6.45) is 0. The number of nitrogen functional groups attached to an aromatic ring is 2. The molecule has 5 N–H and O–H groups in total. The predicted octanol–water partition coefficient (Wildman–Crippen LogP) is 2.44. The van der Waals surface area contributed by atoms with E-state index in [1.807, 2.05) is 6.07 Å². The second-order valence-corrected chi connectivity index (χ2v) is 4.36. The lowest BCUT2D eigenvalue weighted by Gasteiger charge is -2.02. The van der Waals surface area contributed by atoms with E-state index in [0.717, 1.165) is 11.1 Å². The highest BCUT2D eigenvalue weighted by Gasteiger charge is 2.09. The standard InChI is InChI=1S/C12H10ClN5/c13-6-1-2-8(14)7(5-6)11-16-9-3-4-10(15)17-12(9)18-11/h1-5H,14H2,(H3,15,16,17,18). The second-order valence-electron chi connectivity index (χ2n) is 3.92. The number of hydrogen-bond acceptors (Lipinski definition) is 4. The van der Waals surface area contributed by atoms with Gasteiger partial charge in [0.05, 0.1) is 5.52 Å². The fraction of sp³-hybridized carbons (Fsp3) is 0. The summed E-state index contributed by atoms with van der Waals surface area (Å²) in [5.41, 5.74) is 14.2. The summed E-state index contributed by atoms with van der Waals surface area (Å²) >= 11 is 5.96. The van der Waals surface area contributed by atoms with Crippen molar-refractivity contribution >= 4 is 34.3 Å². The molecule has 5 nitrogen and oxygen atoms in total. The Balaban J connectivity index is 2.22. The van der Waals surface area contributed by atoms with Crippen LogP contribution in [0, 0.1) is 0 Å². The molecule has 0 bridgehead atoms. The molecule has 0 amide bonds. The molecular weight excluding hydrogens is 250 g/mol. The minimum Gasteiger partial charge on any atom is -0.398 e. The first kappa shape index (κ1) is 10.9. The van der Waals surface area contributed by atoms with E-state index in [1.54, 1.807) is 24.3 Å². The van der Waals surface area contributed by atoms with Crippen molar-refractivity contribution in [3.63, 3.8) is 0 Å². The van der Waals surface area contributed by atoms with Gasteiger partial charge in [-0.25, -0.2) is 9.97 Å². The van der Waals surface area contributed by atoms with Crippen LogP contribution in [0.25, 0.3) is 22.6 Å². The average Bonchev–Trinajstić information content (AvgIpc) is 2.74. The maximum atomic E-state index is 5.96. The Kier molecular flexibility index (Phi) is 2.34. The third kappa shape index (κ3) is 1.74. The van der Waals surface area contributed by atoms with Gasteiger partial charge in [-0.15, -0.1) is 0 Å². The molecule has 2 aromatic heterocycles. The number of fused-ring (bicyclic) bond motifs is 1. The van der Waals surface area contributed by atoms with Crippen LogP contribution in [0.2, 0.25) is 5.02 Å². The molecule has 0 aliphatic heterocycles. The summed E-state index contributed by atoms with van der Waals surface area (Å²) in [6.45, 7) is 0. The monoisotopic (exact) mass is 259 g/mol. The van der Waals surface area contributed by atoms with Gasteiger partial charge in [0.1, 0.15) is 11.6 Å². The van der Waals surface area contributed by atoms with Gasteiger partial charge >= 0.3 is 0 Å². The molecule has 3 rings (SSSR count). The van der Waals surface area contributed by atoms with Crippen molar-refractivity contribution in [1.29, 1.82) is 0 Å². The fourth-order valence-electron chi connectivity index (χ4n) is 1.77. The Morgan fingerprint density at radius 2 is 1.89 bits per heavy atom. The third-order valence-corrected chi connectivity index (χ3v) is 2.87. The van der Waals surface area contributed by atoms with Gasteiger partial charge in [0.15, 0.2) is 5.65 Å². The van der Waals surface area contributed by atoms with Crippen molar-refractivity contribution in [2.24, 2.45) is 0 Å². The van der Waals surface area contributed by atoms with E-state index in [2.05, 4.69) is 15.0 Å². The zero-order valence-electron chi connectivity index (χ0n) is 9.31. The molecule has 18 heavy (non-hydrogen) atoms. The number of nitrogens with zero attached hydrogens (tertiary/aromatic N) is 2. The molecule has 0 unspecified atom stereocenters. The van der Waals surface area contributed by atoms with Gasteiger partial charge in [-0.3, -0.25) is 0 Å². The van der Waals surface area contributed by atoms with Gasteiger partial charge in [-0.2, -0.15) is 0 Å². The number of pyridine rings is 1. The smallest absolute Gasteiger partial charge is 0.180 e. The Hall–Kier alpha value is -2.27. The van der Waals surface area contributed by atoms with Gasteiger partial charge in [0.2, 0.25) is 0 Å². The molecule has 0 fully saturated rings. The minimum atomic E-state index is 0.430. The summed E-state index contributed by atoms with van der Waals surface area (Å²) in [5, 5.41) is 0.604. The summed E-state index contributed by atoms with van der Waals surface area (Å²) in [6, 6.07) is 8.78. The first-order valence-corrected chi connectivity index (χ1v) is 5.69. The van der Waals surface area contributed by atoms with Crippen LogP contribution < -0.4 is 11.5 Å². The zero-order valence-corrected chi connectivity index (χ0v) is 10.1. The van der Waals surface area contributed by atoms with Crippen LogP contribution in [0.1, 0.15) is 0 Å². The van der Waals surface area contributed by atoms with Crippen molar-refractivity contribution in [3.8, 4) is 11.4 Å². The lowest BCUT2D eigenvalue weighted by molar-refractivity contribution is 1.30. The Labute approximate surface area is 108 Å². The Bertz CT molecular complexity index is 734. The maximum Gasteiger partial charge on any atom is 0.180 e.